The standard InChI is InChI=1S/C12H20N2O/c1-10(7-8-15-2)14-9-11-5-3-4-6-12(11)13/h3-6,10,14H,7-9,13H2,1-2H3. The van der Waals surface area contributed by atoms with Crippen LogP contribution >= 0.6 is 0 Å². The van der Waals surface area contributed by atoms with Crippen LogP contribution in [0.4, 0.5) is 5.69 Å². The molecule has 84 valence electrons. The van der Waals surface area contributed by atoms with Crippen molar-refractivity contribution in [3.63, 3.8) is 0 Å². The van der Waals surface area contributed by atoms with Gasteiger partial charge in [-0.1, -0.05) is 18.2 Å². The van der Waals surface area contributed by atoms with Crippen LogP contribution in [0, 0.1) is 0 Å². The lowest BCUT2D eigenvalue weighted by Crippen LogP contribution is -2.26. The second kappa shape index (κ2) is 6.43. The van der Waals surface area contributed by atoms with E-state index < -0.39 is 0 Å². The zero-order valence-corrected chi connectivity index (χ0v) is 9.49. The Morgan fingerprint density at radius 2 is 2.13 bits per heavy atom. The monoisotopic (exact) mass is 208 g/mol. The molecule has 0 aliphatic heterocycles. The fraction of sp³-hybridized carbons (Fsp3) is 0.500. The van der Waals surface area contributed by atoms with Gasteiger partial charge in [0.2, 0.25) is 0 Å². The number of benzene rings is 1. The molecule has 0 radical (unpaired) electrons. The highest BCUT2D eigenvalue weighted by atomic mass is 16.5. The number of hydrogen-bond acceptors (Lipinski definition) is 3. The van der Waals surface area contributed by atoms with Crippen molar-refractivity contribution in [2.75, 3.05) is 19.5 Å². The van der Waals surface area contributed by atoms with Crippen LogP contribution in [0.5, 0.6) is 0 Å². The highest BCUT2D eigenvalue weighted by Gasteiger charge is 2.02. The van der Waals surface area contributed by atoms with Crippen LogP contribution in [0.25, 0.3) is 0 Å². The van der Waals surface area contributed by atoms with Gasteiger partial charge in [-0.15, -0.1) is 0 Å². The van der Waals surface area contributed by atoms with E-state index in [0.29, 0.717) is 6.04 Å². The SMILES string of the molecule is COCCC(C)NCc1ccccc1N. The first kappa shape index (κ1) is 12.0. The molecule has 1 rings (SSSR count). The Kier molecular flexibility index (Phi) is 5.15. The summed E-state index contributed by atoms with van der Waals surface area (Å²) in [5.74, 6) is 0. The fourth-order valence-corrected chi connectivity index (χ4v) is 1.38. The maximum absolute atomic E-state index is 5.84. The third-order valence-electron chi connectivity index (χ3n) is 2.45. The number of rotatable bonds is 6. The Balaban J connectivity index is 2.33. The second-order valence-corrected chi connectivity index (χ2v) is 3.76. The van der Waals surface area contributed by atoms with E-state index in [-0.39, 0.29) is 0 Å². The van der Waals surface area contributed by atoms with Gasteiger partial charge in [0.15, 0.2) is 0 Å². The zero-order valence-electron chi connectivity index (χ0n) is 9.49. The lowest BCUT2D eigenvalue weighted by Gasteiger charge is -2.14. The third kappa shape index (κ3) is 4.32. The van der Waals surface area contributed by atoms with Crippen molar-refractivity contribution in [3.8, 4) is 0 Å². The van der Waals surface area contributed by atoms with Gasteiger partial charge >= 0.3 is 0 Å². The van der Waals surface area contributed by atoms with Gasteiger partial charge in [0.05, 0.1) is 0 Å². The van der Waals surface area contributed by atoms with Crippen LogP contribution in [0.15, 0.2) is 24.3 Å². The van der Waals surface area contributed by atoms with Crippen LogP contribution in [-0.2, 0) is 11.3 Å². The number of hydrogen-bond donors (Lipinski definition) is 2. The first-order valence-electron chi connectivity index (χ1n) is 5.29. The van der Waals surface area contributed by atoms with Crippen molar-refractivity contribution in [2.45, 2.75) is 25.9 Å². The normalized spacial score (nSPS) is 12.7. The van der Waals surface area contributed by atoms with E-state index in [1.807, 2.05) is 24.3 Å². The van der Waals surface area contributed by atoms with E-state index in [1.54, 1.807) is 7.11 Å². The number of methoxy groups -OCH3 is 1. The maximum atomic E-state index is 5.84. The Labute approximate surface area is 91.6 Å². The molecule has 1 aromatic carbocycles. The second-order valence-electron chi connectivity index (χ2n) is 3.76. The first-order chi connectivity index (χ1) is 7.24. The molecule has 0 aliphatic rings. The predicted molar refractivity (Wildman–Crippen MR) is 63.6 cm³/mol. The van der Waals surface area contributed by atoms with Gasteiger partial charge in [0.1, 0.15) is 0 Å². The molecule has 3 N–H and O–H groups in total. The van der Waals surface area contributed by atoms with E-state index in [4.69, 9.17) is 10.5 Å². The Morgan fingerprint density at radius 3 is 2.80 bits per heavy atom. The minimum absolute atomic E-state index is 0.449. The molecule has 15 heavy (non-hydrogen) atoms. The molecule has 0 saturated heterocycles. The molecule has 0 spiro atoms. The Bertz CT molecular complexity index is 289. The van der Waals surface area contributed by atoms with Gasteiger partial charge in [-0.05, 0) is 25.0 Å². The smallest absolute Gasteiger partial charge is 0.0476 e. The number of nitrogens with two attached hydrogens (primary N) is 1. The molecule has 3 nitrogen and oxygen atoms in total. The van der Waals surface area contributed by atoms with Crippen molar-refractivity contribution < 1.29 is 4.74 Å². The van der Waals surface area contributed by atoms with Crippen LogP contribution in [0.3, 0.4) is 0 Å². The summed E-state index contributed by atoms with van der Waals surface area (Å²) in [5, 5.41) is 3.41. The molecule has 1 aromatic rings. The average Bonchev–Trinajstić information content (AvgIpc) is 2.25. The predicted octanol–water partition coefficient (Wildman–Crippen LogP) is 1.78. The van der Waals surface area contributed by atoms with Crippen LogP contribution in [0.2, 0.25) is 0 Å². The number of anilines is 1. The minimum Gasteiger partial charge on any atom is -0.398 e. The molecule has 0 saturated carbocycles. The van der Waals surface area contributed by atoms with E-state index in [9.17, 15) is 0 Å². The summed E-state index contributed by atoms with van der Waals surface area (Å²) in [7, 11) is 1.72. The summed E-state index contributed by atoms with van der Waals surface area (Å²) in [6.45, 7) is 3.76. The summed E-state index contributed by atoms with van der Waals surface area (Å²) < 4.78 is 5.02. The molecule has 0 amide bonds. The topological polar surface area (TPSA) is 47.3 Å². The minimum atomic E-state index is 0.449. The number of para-hydroxylation sites is 1. The molecule has 0 aliphatic carbocycles. The number of nitrogen functional groups attached to an aromatic ring is 1. The van der Waals surface area contributed by atoms with Crippen LogP contribution < -0.4 is 11.1 Å². The fourth-order valence-electron chi connectivity index (χ4n) is 1.38. The summed E-state index contributed by atoms with van der Waals surface area (Å²) in [4.78, 5) is 0. The lowest BCUT2D eigenvalue weighted by molar-refractivity contribution is 0.184. The molecule has 0 fully saturated rings. The van der Waals surface area contributed by atoms with Crippen molar-refractivity contribution in [1.29, 1.82) is 0 Å². The van der Waals surface area contributed by atoms with Crippen molar-refractivity contribution in [1.82, 2.24) is 5.32 Å². The Morgan fingerprint density at radius 1 is 1.40 bits per heavy atom. The molecular formula is C12H20N2O. The van der Waals surface area contributed by atoms with Gasteiger partial charge in [-0.2, -0.15) is 0 Å². The van der Waals surface area contributed by atoms with E-state index >= 15 is 0 Å². The van der Waals surface area contributed by atoms with Crippen molar-refractivity contribution >= 4 is 5.69 Å². The number of nitrogens with one attached hydrogen (secondary N) is 1. The van der Waals surface area contributed by atoms with Gasteiger partial charge in [0.25, 0.3) is 0 Å². The van der Waals surface area contributed by atoms with Crippen molar-refractivity contribution in [2.24, 2.45) is 0 Å². The zero-order chi connectivity index (χ0) is 11.1. The molecule has 3 heteroatoms. The average molecular weight is 208 g/mol. The summed E-state index contributed by atoms with van der Waals surface area (Å²) in [6.07, 6.45) is 1.02. The highest BCUT2D eigenvalue weighted by molar-refractivity contribution is 5.46. The quantitative estimate of drug-likeness (QED) is 0.701. The third-order valence-corrected chi connectivity index (χ3v) is 2.45. The summed E-state index contributed by atoms with van der Waals surface area (Å²) in [6, 6.07) is 8.38. The molecule has 0 bridgehead atoms. The lowest BCUT2D eigenvalue weighted by atomic mass is 10.1. The van der Waals surface area contributed by atoms with Crippen molar-refractivity contribution in [3.05, 3.63) is 29.8 Å². The van der Waals surface area contributed by atoms with Gasteiger partial charge < -0.3 is 15.8 Å². The summed E-state index contributed by atoms with van der Waals surface area (Å²) in [5.41, 5.74) is 7.85. The molecule has 0 aromatic heterocycles. The van der Waals surface area contributed by atoms with E-state index in [2.05, 4.69) is 12.2 Å². The van der Waals surface area contributed by atoms with Crippen LogP contribution in [0.1, 0.15) is 18.9 Å². The Hall–Kier alpha value is -1.06. The van der Waals surface area contributed by atoms with Gasteiger partial charge in [-0.25, -0.2) is 0 Å². The summed E-state index contributed by atoms with van der Waals surface area (Å²) >= 11 is 0. The number of ether oxygens (including phenoxy) is 1. The van der Waals surface area contributed by atoms with E-state index in [1.165, 1.54) is 0 Å². The largest absolute Gasteiger partial charge is 0.398 e. The molecule has 1 atom stereocenters. The molecule has 1 unspecified atom stereocenters. The highest BCUT2D eigenvalue weighted by Crippen LogP contribution is 2.10. The van der Waals surface area contributed by atoms with E-state index in [0.717, 1.165) is 30.8 Å². The van der Waals surface area contributed by atoms with Crippen LogP contribution in [-0.4, -0.2) is 19.8 Å². The van der Waals surface area contributed by atoms with Gasteiger partial charge in [0, 0.05) is 32.0 Å². The molecular weight excluding hydrogens is 188 g/mol. The maximum Gasteiger partial charge on any atom is 0.0476 e. The first-order valence-corrected chi connectivity index (χ1v) is 5.29. The van der Waals surface area contributed by atoms with Gasteiger partial charge in [-0.3, -0.25) is 0 Å². The molecule has 0 heterocycles.